The third-order valence-electron chi connectivity index (χ3n) is 3.72. The first-order valence-electron chi connectivity index (χ1n) is 6.16. The molecule has 1 aromatic heterocycles. The van der Waals surface area contributed by atoms with Crippen LogP contribution in [-0.4, -0.2) is 39.9 Å². The number of carbonyl (C=O) groups excluding carboxylic acids is 1. The van der Waals surface area contributed by atoms with Gasteiger partial charge in [0, 0.05) is 23.9 Å². The van der Waals surface area contributed by atoms with E-state index in [0.29, 0.717) is 31.6 Å². The topological polar surface area (TPSA) is 91.8 Å². The first kappa shape index (κ1) is 13.8. The van der Waals surface area contributed by atoms with Crippen LogP contribution in [0.25, 0.3) is 0 Å². The van der Waals surface area contributed by atoms with Gasteiger partial charge in [0.2, 0.25) is 0 Å². The zero-order valence-electron chi connectivity index (χ0n) is 11.1. The summed E-state index contributed by atoms with van der Waals surface area (Å²) in [4.78, 5) is 18.2. The number of oxime groups is 1. The predicted molar refractivity (Wildman–Crippen MR) is 73.5 cm³/mol. The van der Waals surface area contributed by atoms with Gasteiger partial charge in [0.25, 0.3) is 5.91 Å². The van der Waals surface area contributed by atoms with Crippen molar-refractivity contribution >= 4 is 23.1 Å². The first-order valence-corrected chi connectivity index (χ1v) is 7.03. The number of aromatic nitrogens is 1. The molecule has 1 aliphatic heterocycles. The van der Waals surface area contributed by atoms with E-state index in [9.17, 15) is 4.79 Å². The number of thiazole rings is 1. The summed E-state index contributed by atoms with van der Waals surface area (Å²) in [5.74, 6) is 0.204. The third kappa shape index (κ3) is 2.70. The van der Waals surface area contributed by atoms with E-state index in [-0.39, 0.29) is 17.2 Å². The molecule has 1 aromatic rings. The van der Waals surface area contributed by atoms with Crippen LogP contribution in [-0.2, 0) is 0 Å². The van der Waals surface area contributed by atoms with Crippen molar-refractivity contribution in [2.24, 2.45) is 16.3 Å². The van der Waals surface area contributed by atoms with Gasteiger partial charge in [-0.2, -0.15) is 0 Å². The second-order valence-corrected chi connectivity index (χ2v) is 6.15. The molecule has 0 aromatic carbocycles. The van der Waals surface area contributed by atoms with Crippen molar-refractivity contribution < 1.29 is 10.0 Å². The van der Waals surface area contributed by atoms with E-state index in [4.69, 9.17) is 10.9 Å². The number of nitrogens with zero attached hydrogens (tertiary/aromatic N) is 3. The summed E-state index contributed by atoms with van der Waals surface area (Å²) in [7, 11) is 0. The molecule has 0 bridgehead atoms. The molecule has 2 rings (SSSR count). The van der Waals surface area contributed by atoms with Crippen LogP contribution in [0.4, 0.5) is 0 Å². The number of nitrogens with two attached hydrogens (primary N) is 1. The average Bonchev–Trinajstić information content (AvgIpc) is 2.84. The molecule has 1 fully saturated rings. The molecule has 0 unspecified atom stereocenters. The highest BCUT2D eigenvalue weighted by molar-refractivity contribution is 7.09. The van der Waals surface area contributed by atoms with Gasteiger partial charge in [0.15, 0.2) is 0 Å². The molecule has 0 aliphatic carbocycles. The summed E-state index contributed by atoms with van der Waals surface area (Å²) in [6, 6.07) is 0. The van der Waals surface area contributed by atoms with Crippen LogP contribution in [0, 0.1) is 12.3 Å². The van der Waals surface area contributed by atoms with E-state index >= 15 is 0 Å². The zero-order chi connectivity index (χ0) is 14.0. The number of carbonyl (C=O) groups is 1. The molecule has 7 heteroatoms. The summed E-state index contributed by atoms with van der Waals surface area (Å²) in [6.07, 6.45) is 1.38. The molecular weight excluding hydrogens is 264 g/mol. The molecule has 1 amide bonds. The molecule has 1 aliphatic rings. The molecule has 0 radical (unpaired) electrons. The highest BCUT2D eigenvalue weighted by atomic mass is 32.1. The van der Waals surface area contributed by atoms with Gasteiger partial charge in [-0.3, -0.25) is 4.79 Å². The number of amidine groups is 1. The van der Waals surface area contributed by atoms with E-state index in [1.807, 2.05) is 13.8 Å². The number of aryl methyl sites for hydroxylation is 1. The van der Waals surface area contributed by atoms with Crippen LogP contribution >= 0.6 is 11.3 Å². The Labute approximate surface area is 115 Å². The quantitative estimate of drug-likeness (QED) is 0.371. The molecule has 0 spiro atoms. The number of piperidine rings is 1. The summed E-state index contributed by atoms with van der Waals surface area (Å²) < 4.78 is 0. The van der Waals surface area contributed by atoms with E-state index < -0.39 is 0 Å². The summed E-state index contributed by atoms with van der Waals surface area (Å²) in [5.41, 5.74) is 5.88. The summed E-state index contributed by atoms with van der Waals surface area (Å²) >= 11 is 1.47. The number of likely N-dealkylation sites (tertiary alicyclic amines) is 1. The van der Waals surface area contributed by atoms with Gasteiger partial charge >= 0.3 is 0 Å². The van der Waals surface area contributed by atoms with E-state index in [2.05, 4.69) is 10.1 Å². The van der Waals surface area contributed by atoms with Crippen molar-refractivity contribution in [2.75, 3.05) is 13.1 Å². The molecule has 0 saturated carbocycles. The standard InChI is InChI=1S/C12H18N4O2S/c1-8-14-9(7-19-8)10(17)16-5-3-12(2,4-6-16)11(13)15-18/h7,18H,3-6H2,1-2H3,(H2,13,15). The fourth-order valence-electron chi connectivity index (χ4n) is 2.20. The Kier molecular flexibility index (Phi) is 3.75. The Hall–Kier alpha value is -1.63. The van der Waals surface area contributed by atoms with Gasteiger partial charge in [-0.25, -0.2) is 4.98 Å². The maximum Gasteiger partial charge on any atom is 0.273 e. The lowest BCUT2D eigenvalue weighted by Crippen LogP contribution is -2.47. The second kappa shape index (κ2) is 5.16. The SMILES string of the molecule is Cc1nc(C(=O)N2CCC(C)(C(N)=NO)CC2)cs1. The maximum absolute atomic E-state index is 12.2. The van der Waals surface area contributed by atoms with Crippen LogP contribution in [0.1, 0.15) is 35.3 Å². The Balaban J connectivity index is 2.02. The van der Waals surface area contributed by atoms with E-state index in [0.717, 1.165) is 5.01 Å². The van der Waals surface area contributed by atoms with Gasteiger partial charge in [-0.05, 0) is 19.8 Å². The summed E-state index contributed by atoms with van der Waals surface area (Å²) in [5, 5.41) is 14.6. The lowest BCUT2D eigenvalue weighted by Gasteiger charge is -2.38. The molecule has 3 N–H and O–H groups in total. The van der Waals surface area contributed by atoms with Crippen molar-refractivity contribution in [3.05, 3.63) is 16.1 Å². The highest BCUT2D eigenvalue weighted by Gasteiger charge is 2.36. The number of amides is 1. The number of hydrogen-bond acceptors (Lipinski definition) is 5. The fraction of sp³-hybridized carbons (Fsp3) is 0.583. The van der Waals surface area contributed by atoms with Crippen molar-refractivity contribution in [1.82, 2.24) is 9.88 Å². The van der Waals surface area contributed by atoms with Gasteiger partial charge in [0.1, 0.15) is 11.5 Å². The number of rotatable bonds is 2. The Morgan fingerprint density at radius 1 is 1.58 bits per heavy atom. The smallest absolute Gasteiger partial charge is 0.273 e. The Bertz CT molecular complexity index is 504. The lowest BCUT2D eigenvalue weighted by atomic mass is 9.79. The van der Waals surface area contributed by atoms with Gasteiger partial charge < -0.3 is 15.8 Å². The third-order valence-corrected chi connectivity index (χ3v) is 4.49. The molecule has 2 heterocycles. The minimum atomic E-state index is -0.330. The van der Waals surface area contributed by atoms with Crippen molar-refractivity contribution in [3.8, 4) is 0 Å². The minimum absolute atomic E-state index is 0.0362. The predicted octanol–water partition coefficient (Wildman–Crippen LogP) is 1.44. The maximum atomic E-state index is 12.2. The monoisotopic (exact) mass is 282 g/mol. The number of hydrogen-bond donors (Lipinski definition) is 2. The zero-order valence-corrected chi connectivity index (χ0v) is 11.9. The van der Waals surface area contributed by atoms with Crippen molar-refractivity contribution in [2.45, 2.75) is 26.7 Å². The van der Waals surface area contributed by atoms with Gasteiger partial charge in [0.05, 0.1) is 5.01 Å². The second-order valence-electron chi connectivity index (χ2n) is 5.09. The van der Waals surface area contributed by atoms with E-state index in [1.165, 1.54) is 11.3 Å². The van der Waals surface area contributed by atoms with Crippen LogP contribution in [0.5, 0.6) is 0 Å². The van der Waals surface area contributed by atoms with Crippen LogP contribution in [0.15, 0.2) is 10.5 Å². The Morgan fingerprint density at radius 3 is 2.68 bits per heavy atom. The van der Waals surface area contributed by atoms with E-state index in [1.54, 1.807) is 10.3 Å². The molecule has 19 heavy (non-hydrogen) atoms. The van der Waals surface area contributed by atoms with Crippen LogP contribution < -0.4 is 5.73 Å². The largest absolute Gasteiger partial charge is 0.409 e. The normalized spacial score (nSPS) is 19.5. The van der Waals surface area contributed by atoms with Gasteiger partial charge in [-0.1, -0.05) is 12.1 Å². The summed E-state index contributed by atoms with van der Waals surface area (Å²) in [6.45, 7) is 5.04. The molecule has 0 atom stereocenters. The molecule has 1 saturated heterocycles. The lowest BCUT2D eigenvalue weighted by molar-refractivity contribution is 0.0661. The van der Waals surface area contributed by atoms with Gasteiger partial charge in [-0.15, -0.1) is 11.3 Å². The first-order chi connectivity index (χ1) is 8.96. The minimum Gasteiger partial charge on any atom is -0.409 e. The van der Waals surface area contributed by atoms with Crippen LogP contribution in [0.2, 0.25) is 0 Å². The molecule has 104 valence electrons. The highest BCUT2D eigenvalue weighted by Crippen LogP contribution is 2.31. The van der Waals surface area contributed by atoms with Crippen molar-refractivity contribution in [1.29, 1.82) is 0 Å². The van der Waals surface area contributed by atoms with Crippen LogP contribution in [0.3, 0.4) is 0 Å². The molecule has 6 nitrogen and oxygen atoms in total. The average molecular weight is 282 g/mol. The van der Waals surface area contributed by atoms with Crippen molar-refractivity contribution in [3.63, 3.8) is 0 Å². The Morgan fingerprint density at radius 2 is 2.21 bits per heavy atom. The fourth-order valence-corrected chi connectivity index (χ4v) is 2.79. The molecular formula is C12H18N4O2S.